The first kappa shape index (κ1) is 22.5. The summed E-state index contributed by atoms with van der Waals surface area (Å²) < 4.78 is 7.75. The third kappa shape index (κ3) is 6.14. The maximum absolute atomic E-state index is 13.3. The molecule has 2 atom stereocenters. The molecule has 0 aliphatic rings. The predicted octanol–water partition coefficient (Wildman–Crippen LogP) is 4.27. The average molecular weight is 433 g/mol. The molecule has 31 heavy (non-hydrogen) atoms. The van der Waals surface area contributed by atoms with E-state index in [1.807, 2.05) is 87.2 Å². The third-order valence-electron chi connectivity index (χ3n) is 4.65. The molecule has 1 unspecified atom stereocenters. The van der Waals surface area contributed by atoms with Gasteiger partial charge < -0.3 is 9.74 Å². The van der Waals surface area contributed by atoms with Gasteiger partial charge in [0, 0.05) is 0 Å². The molecule has 0 fully saturated rings. The van der Waals surface area contributed by atoms with Crippen LogP contribution in [0.15, 0.2) is 66.7 Å². The van der Waals surface area contributed by atoms with E-state index >= 15 is 0 Å². The van der Waals surface area contributed by atoms with Gasteiger partial charge in [0.25, 0.3) is 5.91 Å². The first-order chi connectivity index (χ1) is 14.8. The molecule has 0 aliphatic carbocycles. The lowest BCUT2D eigenvalue weighted by atomic mass is 10.0. The minimum atomic E-state index is -2.00. The maximum Gasteiger partial charge on any atom is 0.270 e. The van der Waals surface area contributed by atoms with Crippen LogP contribution in [0.4, 0.5) is 0 Å². The standard InChI is InChI=1S/C24H28N4O2Si/c1-18-15-22(28(27-18)20-13-9-6-10-14-20)24(29)26-21(16-19-11-7-5-8-12-19)23(17-25)30-31(2,3)4/h5-15,21,23H,16H2,1-4H3,(H,26,29)/t21-,23?/m0/s1. The van der Waals surface area contributed by atoms with Crippen molar-refractivity contribution in [3.8, 4) is 11.8 Å². The molecule has 0 saturated heterocycles. The zero-order valence-corrected chi connectivity index (χ0v) is 19.4. The molecular formula is C24H28N4O2Si. The van der Waals surface area contributed by atoms with E-state index in [0.717, 1.165) is 16.9 Å². The van der Waals surface area contributed by atoms with Crippen LogP contribution in [-0.4, -0.2) is 36.2 Å². The SMILES string of the molecule is Cc1cc(C(=O)N[C@@H](Cc2ccccc2)C(C#N)O[Si](C)(C)C)n(-c2ccccc2)n1. The van der Waals surface area contributed by atoms with Gasteiger partial charge in [0.1, 0.15) is 5.69 Å². The van der Waals surface area contributed by atoms with Crippen LogP contribution in [0.5, 0.6) is 0 Å². The summed E-state index contributed by atoms with van der Waals surface area (Å²) in [6, 6.07) is 22.9. The normalized spacial score (nSPS) is 13.3. The van der Waals surface area contributed by atoms with E-state index in [-0.39, 0.29) is 5.91 Å². The summed E-state index contributed by atoms with van der Waals surface area (Å²) >= 11 is 0. The number of aromatic nitrogens is 2. The largest absolute Gasteiger partial charge is 0.401 e. The van der Waals surface area contributed by atoms with Gasteiger partial charge in [0.05, 0.1) is 23.5 Å². The number of hydrogen-bond acceptors (Lipinski definition) is 4. The highest BCUT2D eigenvalue weighted by molar-refractivity contribution is 6.69. The Labute approximate surface area is 184 Å². The minimum absolute atomic E-state index is 0.287. The maximum atomic E-state index is 13.3. The summed E-state index contributed by atoms with van der Waals surface area (Å²) in [7, 11) is -2.00. The van der Waals surface area contributed by atoms with Gasteiger partial charge in [0.2, 0.25) is 0 Å². The second-order valence-corrected chi connectivity index (χ2v) is 12.9. The summed E-state index contributed by atoms with van der Waals surface area (Å²) in [5.41, 5.74) is 2.99. The molecule has 160 valence electrons. The Balaban J connectivity index is 1.91. The smallest absolute Gasteiger partial charge is 0.270 e. The van der Waals surface area contributed by atoms with E-state index in [4.69, 9.17) is 4.43 Å². The van der Waals surface area contributed by atoms with Crippen molar-refractivity contribution in [3.63, 3.8) is 0 Å². The Kier molecular flexibility index (Phi) is 7.05. The number of benzene rings is 2. The lowest BCUT2D eigenvalue weighted by Crippen LogP contribution is -2.49. The van der Waals surface area contributed by atoms with Crippen LogP contribution < -0.4 is 5.32 Å². The topological polar surface area (TPSA) is 79.9 Å². The number of rotatable bonds is 8. The van der Waals surface area contributed by atoms with Gasteiger partial charge in [0.15, 0.2) is 14.4 Å². The molecule has 7 heteroatoms. The van der Waals surface area contributed by atoms with Gasteiger partial charge in [-0.1, -0.05) is 48.5 Å². The summed E-state index contributed by atoms with van der Waals surface area (Å²) in [4.78, 5) is 13.3. The van der Waals surface area contributed by atoms with Crippen molar-refractivity contribution in [2.75, 3.05) is 0 Å². The van der Waals surface area contributed by atoms with Crippen molar-refractivity contribution >= 4 is 14.2 Å². The highest BCUT2D eigenvalue weighted by atomic mass is 28.4. The number of carbonyl (C=O) groups excluding carboxylic acids is 1. The van der Waals surface area contributed by atoms with Crippen LogP contribution in [0.2, 0.25) is 19.6 Å². The van der Waals surface area contributed by atoms with Crippen molar-refractivity contribution in [1.29, 1.82) is 5.26 Å². The van der Waals surface area contributed by atoms with Gasteiger partial charge in [-0.3, -0.25) is 4.79 Å². The predicted molar refractivity (Wildman–Crippen MR) is 124 cm³/mol. The van der Waals surface area contributed by atoms with Gasteiger partial charge in [-0.25, -0.2) is 4.68 Å². The van der Waals surface area contributed by atoms with Crippen LogP contribution >= 0.6 is 0 Å². The Morgan fingerprint density at radius 3 is 2.32 bits per heavy atom. The summed E-state index contributed by atoms with van der Waals surface area (Å²) in [6.07, 6.45) is -0.252. The van der Waals surface area contributed by atoms with Gasteiger partial charge in [-0.05, 0) is 56.7 Å². The van der Waals surface area contributed by atoms with Crippen molar-refractivity contribution in [3.05, 3.63) is 83.7 Å². The molecule has 0 bridgehead atoms. The molecule has 0 saturated carbocycles. The summed E-state index contributed by atoms with van der Waals surface area (Å²) in [5, 5.41) is 17.4. The van der Waals surface area contributed by atoms with Crippen molar-refractivity contribution in [2.45, 2.75) is 45.1 Å². The van der Waals surface area contributed by atoms with E-state index in [0.29, 0.717) is 12.1 Å². The molecule has 0 spiro atoms. The van der Waals surface area contributed by atoms with Crippen molar-refractivity contribution in [1.82, 2.24) is 15.1 Å². The van der Waals surface area contributed by atoms with E-state index in [1.165, 1.54) is 0 Å². The number of hydrogen-bond donors (Lipinski definition) is 1. The fourth-order valence-electron chi connectivity index (χ4n) is 3.35. The lowest BCUT2D eigenvalue weighted by Gasteiger charge is -2.29. The number of nitrogens with one attached hydrogen (secondary N) is 1. The van der Waals surface area contributed by atoms with Crippen LogP contribution in [0.1, 0.15) is 21.7 Å². The zero-order valence-electron chi connectivity index (χ0n) is 18.4. The number of amides is 1. The number of nitrogens with zero attached hydrogens (tertiary/aromatic N) is 3. The number of carbonyl (C=O) groups is 1. The molecule has 3 aromatic rings. The van der Waals surface area contributed by atoms with Crippen LogP contribution in [-0.2, 0) is 10.8 Å². The molecule has 0 radical (unpaired) electrons. The Morgan fingerprint density at radius 1 is 1.13 bits per heavy atom. The molecular weight excluding hydrogens is 404 g/mol. The van der Waals surface area contributed by atoms with Crippen molar-refractivity contribution in [2.24, 2.45) is 0 Å². The lowest BCUT2D eigenvalue weighted by molar-refractivity contribution is 0.0890. The highest BCUT2D eigenvalue weighted by Crippen LogP contribution is 2.17. The number of para-hydroxylation sites is 1. The Bertz CT molecular complexity index is 1050. The molecule has 0 aliphatic heterocycles. The first-order valence-electron chi connectivity index (χ1n) is 10.3. The fraction of sp³-hybridized carbons (Fsp3) is 0.292. The first-order valence-corrected chi connectivity index (χ1v) is 13.7. The van der Waals surface area contributed by atoms with E-state index in [2.05, 4.69) is 16.5 Å². The quantitative estimate of drug-likeness (QED) is 0.539. The Morgan fingerprint density at radius 2 is 1.74 bits per heavy atom. The molecule has 2 aromatic carbocycles. The van der Waals surface area contributed by atoms with Crippen LogP contribution in [0.3, 0.4) is 0 Å². The third-order valence-corrected chi connectivity index (χ3v) is 5.61. The van der Waals surface area contributed by atoms with Gasteiger partial charge >= 0.3 is 0 Å². The second kappa shape index (κ2) is 9.73. The second-order valence-electron chi connectivity index (χ2n) is 8.47. The molecule has 1 aromatic heterocycles. The minimum Gasteiger partial charge on any atom is -0.401 e. The average Bonchev–Trinajstić information content (AvgIpc) is 3.14. The molecule has 3 rings (SSSR count). The van der Waals surface area contributed by atoms with Crippen LogP contribution in [0.25, 0.3) is 5.69 Å². The fourth-order valence-corrected chi connectivity index (χ4v) is 4.33. The monoisotopic (exact) mass is 432 g/mol. The van der Waals surface area contributed by atoms with Gasteiger partial charge in [-0.2, -0.15) is 10.4 Å². The summed E-state index contributed by atoms with van der Waals surface area (Å²) in [5.74, 6) is -0.287. The number of nitriles is 1. The number of aryl methyl sites for hydroxylation is 1. The summed E-state index contributed by atoms with van der Waals surface area (Å²) in [6.45, 7) is 7.95. The van der Waals surface area contributed by atoms with Gasteiger partial charge in [-0.15, -0.1) is 0 Å². The highest BCUT2D eigenvalue weighted by Gasteiger charge is 2.30. The molecule has 1 N–H and O–H groups in total. The van der Waals surface area contributed by atoms with Crippen LogP contribution in [0, 0.1) is 18.3 Å². The van der Waals surface area contributed by atoms with Crippen molar-refractivity contribution < 1.29 is 9.22 Å². The van der Waals surface area contributed by atoms with E-state index in [1.54, 1.807) is 10.7 Å². The molecule has 1 heterocycles. The molecule has 1 amide bonds. The molecule has 6 nitrogen and oxygen atoms in total. The van der Waals surface area contributed by atoms with E-state index < -0.39 is 20.5 Å². The Hall–Kier alpha value is -3.21. The van der Waals surface area contributed by atoms with E-state index in [9.17, 15) is 10.1 Å². The zero-order chi connectivity index (χ0) is 22.4.